The largest absolute Gasteiger partial charge is 0.475 e. The summed E-state index contributed by atoms with van der Waals surface area (Å²) in [6, 6.07) is 3.65. The van der Waals surface area contributed by atoms with Crippen molar-refractivity contribution in [3.8, 4) is 5.88 Å². The van der Waals surface area contributed by atoms with E-state index in [9.17, 15) is 4.79 Å². The lowest BCUT2D eigenvalue weighted by atomic mass is 10.1. The van der Waals surface area contributed by atoms with Gasteiger partial charge in [-0.25, -0.2) is 9.78 Å². The number of urea groups is 1. The molecule has 1 saturated heterocycles. The van der Waals surface area contributed by atoms with Crippen LogP contribution in [-0.2, 0) is 16.0 Å². The van der Waals surface area contributed by atoms with E-state index in [-0.39, 0.29) is 12.1 Å². The Morgan fingerprint density at radius 2 is 2.33 bits per heavy atom. The Balaban J connectivity index is 1.85. The lowest BCUT2D eigenvalue weighted by molar-refractivity contribution is 0.0164. The highest BCUT2D eigenvalue weighted by molar-refractivity contribution is 5.74. The maximum atomic E-state index is 12.4. The Hall–Kier alpha value is -1.86. The Morgan fingerprint density at radius 3 is 3.12 bits per heavy atom. The minimum absolute atomic E-state index is 0.0777. The van der Waals surface area contributed by atoms with Crippen LogP contribution in [0.25, 0.3) is 0 Å². The number of methoxy groups -OCH3 is 1. The number of carbonyl (C=O) groups is 1. The standard InChI is InChI=1S/C17H27N3O4/c1-3-23-15-7-5-9-20(13-15)17(21)19-12-14-6-4-8-18-16(14)24-11-10-22-2/h4,6,8,15H,3,5,7,9-13H2,1-2H3,(H,19,21)/t15-/m1/s1. The van der Waals surface area contributed by atoms with Crippen molar-refractivity contribution in [3.63, 3.8) is 0 Å². The summed E-state index contributed by atoms with van der Waals surface area (Å²) >= 11 is 0. The zero-order valence-corrected chi connectivity index (χ0v) is 14.5. The molecule has 134 valence electrons. The molecular weight excluding hydrogens is 310 g/mol. The van der Waals surface area contributed by atoms with E-state index in [4.69, 9.17) is 14.2 Å². The second-order valence-corrected chi connectivity index (χ2v) is 5.63. The monoisotopic (exact) mass is 337 g/mol. The van der Waals surface area contributed by atoms with Crippen LogP contribution in [0.1, 0.15) is 25.3 Å². The number of piperidine rings is 1. The van der Waals surface area contributed by atoms with Crippen LogP contribution in [-0.4, -0.2) is 62.0 Å². The highest BCUT2D eigenvalue weighted by Gasteiger charge is 2.23. The molecule has 0 radical (unpaired) electrons. The molecule has 0 aliphatic carbocycles. The summed E-state index contributed by atoms with van der Waals surface area (Å²) in [5, 5.41) is 2.94. The maximum Gasteiger partial charge on any atom is 0.317 e. The van der Waals surface area contributed by atoms with Crippen LogP contribution in [0.4, 0.5) is 4.79 Å². The van der Waals surface area contributed by atoms with Crippen molar-refractivity contribution >= 4 is 6.03 Å². The number of aromatic nitrogens is 1. The molecule has 2 rings (SSSR count). The first kappa shape index (κ1) is 18.5. The molecule has 2 amide bonds. The maximum absolute atomic E-state index is 12.4. The highest BCUT2D eigenvalue weighted by atomic mass is 16.5. The van der Waals surface area contributed by atoms with E-state index in [1.807, 2.05) is 24.0 Å². The first-order valence-electron chi connectivity index (χ1n) is 8.44. The molecule has 0 saturated carbocycles. The molecule has 24 heavy (non-hydrogen) atoms. The average Bonchev–Trinajstić information content (AvgIpc) is 2.61. The topological polar surface area (TPSA) is 72.9 Å². The lowest BCUT2D eigenvalue weighted by Crippen LogP contribution is -2.47. The number of hydrogen-bond donors (Lipinski definition) is 1. The molecule has 0 unspecified atom stereocenters. The fraction of sp³-hybridized carbons (Fsp3) is 0.647. The van der Waals surface area contributed by atoms with Crippen LogP contribution >= 0.6 is 0 Å². The van der Waals surface area contributed by atoms with Crippen molar-refractivity contribution in [2.75, 3.05) is 40.0 Å². The summed E-state index contributed by atoms with van der Waals surface area (Å²) in [7, 11) is 1.62. The van der Waals surface area contributed by atoms with Crippen molar-refractivity contribution in [2.24, 2.45) is 0 Å². The Kier molecular flexibility index (Phi) is 7.77. The van der Waals surface area contributed by atoms with E-state index >= 15 is 0 Å². The number of hydrogen-bond acceptors (Lipinski definition) is 5. The molecule has 1 atom stereocenters. The molecule has 7 nitrogen and oxygen atoms in total. The first-order valence-corrected chi connectivity index (χ1v) is 8.44. The first-order chi connectivity index (χ1) is 11.7. The quantitative estimate of drug-likeness (QED) is 0.733. The van der Waals surface area contributed by atoms with Gasteiger partial charge in [0.2, 0.25) is 5.88 Å². The molecule has 1 aromatic rings. The second-order valence-electron chi connectivity index (χ2n) is 5.63. The van der Waals surface area contributed by atoms with Gasteiger partial charge in [0.25, 0.3) is 0 Å². The fourth-order valence-electron chi connectivity index (χ4n) is 2.69. The van der Waals surface area contributed by atoms with Gasteiger partial charge >= 0.3 is 6.03 Å². The molecular formula is C17H27N3O4. The normalized spacial score (nSPS) is 17.6. The van der Waals surface area contributed by atoms with Gasteiger partial charge in [-0.2, -0.15) is 0 Å². The molecule has 1 aromatic heterocycles. The number of ether oxygens (including phenoxy) is 3. The summed E-state index contributed by atoms with van der Waals surface area (Å²) in [5.41, 5.74) is 0.848. The van der Waals surface area contributed by atoms with Crippen LogP contribution in [0, 0.1) is 0 Å². The third-order valence-corrected chi connectivity index (χ3v) is 3.87. The van der Waals surface area contributed by atoms with Gasteiger partial charge in [0, 0.05) is 45.1 Å². The zero-order chi connectivity index (χ0) is 17.2. The highest BCUT2D eigenvalue weighted by Crippen LogP contribution is 2.16. The van der Waals surface area contributed by atoms with Gasteiger partial charge in [0.15, 0.2) is 0 Å². The Bertz CT molecular complexity index is 510. The van der Waals surface area contributed by atoms with E-state index in [0.717, 1.165) is 24.9 Å². The third kappa shape index (κ3) is 5.65. The minimum atomic E-state index is -0.0777. The summed E-state index contributed by atoms with van der Waals surface area (Å²) in [4.78, 5) is 18.4. The van der Waals surface area contributed by atoms with Gasteiger partial charge in [0.1, 0.15) is 6.61 Å². The molecule has 2 heterocycles. The Labute approximate surface area is 143 Å². The predicted octanol–water partition coefficient (Wildman–Crippen LogP) is 1.82. The SMILES string of the molecule is CCO[C@@H]1CCCN(C(=O)NCc2cccnc2OCCOC)C1. The third-order valence-electron chi connectivity index (χ3n) is 3.87. The van der Waals surface area contributed by atoms with Crippen molar-refractivity contribution in [1.29, 1.82) is 0 Å². The van der Waals surface area contributed by atoms with Gasteiger partial charge in [0.05, 0.1) is 12.7 Å². The van der Waals surface area contributed by atoms with Gasteiger partial charge in [-0.05, 0) is 25.8 Å². The van der Waals surface area contributed by atoms with Crippen LogP contribution in [0.2, 0.25) is 0 Å². The smallest absolute Gasteiger partial charge is 0.317 e. The Morgan fingerprint density at radius 1 is 1.46 bits per heavy atom. The molecule has 1 aliphatic rings. The fourth-order valence-corrected chi connectivity index (χ4v) is 2.69. The molecule has 7 heteroatoms. The number of carbonyl (C=O) groups excluding carboxylic acids is 1. The zero-order valence-electron chi connectivity index (χ0n) is 14.5. The van der Waals surface area contributed by atoms with Crippen molar-refractivity contribution in [1.82, 2.24) is 15.2 Å². The van der Waals surface area contributed by atoms with Crippen molar-refractivity contribution in [3.05, 3.63) is 23.9 Å². The summed E-state index contributed by atoms with van der Waals surface area (Å²) in [6.07, 6.45) is 3.79. The number of amides is 2. The summed E-state index contributed by atoms with van der Waals surface area (Å²) in [5.74, 6) is 0.528. The molecule has 1 N–H and O–H groups in total. The van der Waals surface area contributed by atoms with Crippen molar-refractivity contribution < 1.29 is 19.0 Å². The number of pyridine rings is 1. The minimum Gasteiger partial charge on any atom is -0.475 e. The van der Waals surface area contributed by atoms with Crippen LogP contribution < -0.4 is 10.1 Å². The van der Waals surface area contributed by atoms with Gasteiger partial charge < -0.3 is 24.4 Å². The van der Waals surface area contributed by atoms with Gasteiger partial charge in [-0.3, -0.25) is 0 Å². The molecule has 0 aromatic carbocycles. The number of nitrogens with zero attached hydrogens (tertiary/aromatic N) is 2. The van der Waals surface area contributed by atoms with Crippen LogP contribution in [0.5, 0.6) is 5.88 Å². The molecule has 0 spiro atoms. The van der Waals surface area contributed by atoms with E-state index < -0.39 is 0 Å². The van der Waals surface area contributed by atoms with Gasteiger partial charge in [-0.1, -0.05) is 6.07 Å². The molecule has 0 bridgehead atoms. The van der Waals surface area contributed by atoms with E-state index in [1.54, 1.807) is 13.3 Å². The number of rotatable bonds is 8. The second kappa shape index (κ2) is 10.1. The van der Waals surface area contributed by atoms with E-state index in [1.165, 1.54) is 0 Å². The number of likely N-dealkylation sites (tertiary alicyclic amines) is 1. The van der Waals surface area contributed by atoms with Crippen molar-refractivity contribution in [2.45, 2.75) is 32.4 Å². The van der Waals surface area contributed by atoms with E-state index in [0.29, 0.717) is 38.8 Å². The van der Waals surface area contributed by atoms with Crippen LogP contribution in [0.15, 0.2) is 18.3 Å². The van der Waals surface area contributed by atoms with E-state index in [2.05, 4.69) is 10.3 Å². The lowest BCUT2D eigenvalue weighted by Gasteiger charge is -2.32. The van der Waals surface area contributed by atoms with Crippen LogP contribution in [0.3, 0.4) is 0 Å². The summed E-state index contributed by atoms with van der Waals surface area (Å²) < 4.78 is 16.2. The molecule has 1 aliphatic heterocycles. The summed E-state index contributed by atoms with van der Waals surface area (Å²) in [6.45, 7) is 5.37. The average molecular weight is 337 g/mol. The molecule has 1 fully saturated rings. The number of nitrogens with one attached hydrogen (secondary N) is 1. The van der Waals surface area contributed by atoms with Gasteiger partial charge in [-0.15, -0.1) is 0 Å². The predicted molar refractivity (Wildman–Crippen MR) is 90.1 cm³/mol.